The zero-order valence-electron chi connectivity index (χ0n) is 13.6. The monoisotopic (exact) mass is 383 g/mol. The zero-order valence-corrected chi connectivity index (χ0v) is 16.1. The van der Waals surface area contributed by atoms with Crippen molar-refractivity contribution in [2.75, 3.05) is 46.4 Å². The second kappa shape index (κ2) is 12.1. The molecule has 0 spiro atoms. The summed E-state index contributed by atoms with van der Waals surface area (Å²) < 4.78 is 5.43. The van der Waals surface area contributed by atoms with Gasteiger partial charge in [-0.25, -0.2) is 0 Å². The molecule has 0 saturated carbocycles. The van der Waals surface area contributed by atoms with Crippen molar-refractivity contribution in [3.8, 4) is 0 Å². The fraction of sp³-hybridized carbons (Fsp3) is 0.667. The number of halogens is 2. The molecule has 0 radical (unpaired) electrons. The van der Waals surface area contributed by atoms with Crippen LogP contribution in [0.3, 0.4) is 0 Å². The Labute approximate surface area is 155 Å². The van der Waals surface area contributed by atoms with Gasteiger partial charge in [0.05, 0.1) is 19.3 Å². The molecule has 0 aliphatic carbocycles. The Kier molecular flexibility index (Phi) is 11.9. The molecule has 23 heavy (non-hydrogen) atoms. The molecule has 134 valence electrons. The van der Waals surface area contributed by atoms with Gasteiger partial charge in [-0.05, 0) is 18.5 Å². The van der Waals surface area contributed by atoms with E-state index < -0.39 is 0 Å². The number of carbonyl (C=O) groups is 1. The molecule has 2 rings (SSSR count). The lowest BCUT2D eigenvalue weighted by molar-refractivity contribution is -0.124. The summed E-state index contributed by atoms with van der Waals surface area (Å²) >= 11 is 1.75. The van der Waals surface area contributed by atoms with Gasteiger partial charge in [0.25, 0.3) is 0 Å². The number of nitrogens with one attached hydrogen (secondary N) is 2. The lowest BCUT2D eigenvalue weighted by atomic mass is 10.1. The zero-order chi connectivity index (χ0) is 15.1. The maximum absolute atomic E-state index is 12.1. The maximum Gasteiger partial charge on any atom is 0.224 e. The van der Waals surface area contributed by atoms with Crippen molar-refractivity contribution in [2.45, 2.75) is 13.0 Å². The first-order chi connectivity index (χ1) is 10.2. The fourth-order valence-corrected chi connectivity index (χ4v) is 3.41. The van der Waals surface area contributed by atoms with Gasteiger partial charge in [0.1, 0.15) is 0 Å². The summed E-state index contributed by atoms with van der Waals surface area (Å²) in [7, 11) is 1.87. The summed E-state index contributed by atoms with van der Waals surface area (Å²) in [5.74, 6) is 0.0999. The second-order valence-corrected chi connectivity index (χ2v) is 6.36. The molecule has 5 nitrogen and oxygen atoms in total. The van der Waals surface area contributed by atoms with Crippen molar-refractivity contribution < 1.29 is 9.53 Å². The Morgan fingerprint density at radius 2 is 2.04 bits per heavy atom. The van der Waals surface area contributed by atoms with Crippen LogP contribution in [0.5, 0.6) is 0 Å². The average Bonchev–Trinajstić information content (AvgIpc) is 3.03. The van der Waals surface area contributed by atoms with Crippen LogP contribution >= 0.6 is 36.2 Å². The average molecular weight is 384 g/mol. The van der Waals surface area contributed by atoms with E-state index in [1.165, 1.54) is 4.88 Å². The molecule has 1 fully saturated rings. The molecule has 1 aromatic heterocycles. The lowest BCUT2D eigenvalue weighted by Crippen LogP contribution is -2.45. The van der Waals surface area contributed by atoms with Gasteiger partial charge in [-0.3, -0.25) is 9.69 Å². The number of amides is 1. The predicted molar refractivity (Wildman–Crippen MR) is 100 cm³/mol. The van der Waals surface area contributed by atoms with Crippen molar-refractivity contribution in [1.29, 1.82) is 0 Å². The second-order valence-electron chi connectivity index (χ2n) is 5.38. The minimum absolute atomic E-state index is 0. The first kappa shape index (κ1) is 22.6. The highest BCUT2D eigenvalue weighted by molar-refractivity contribution is 7.10. The number of carbonyl (C=O) groups excluding carboxylic acids is 1. The minimum atomic E-state index is -0.0105. The van der Waals surface area contributed by atoms with E-state index in [1.807, 2.05) is 14.0 Å². The number of morpholine rings is 1. The molecule has 2 heterocycles. The quantitative estimate of drug-likeness (QED) is 0.755. The normalized spacial score (nSPS) is 17.5. The van der Waals surface area contributed by atoms with Gasteiger partial charge in [0.2, 0.25) is 5.91 Å². The molecule has 1 amide bonds. The summed E-state index contributed by atoms with van der Waals surface area (Å²) in [6.07, 6.45) is 0. The number of hydrogen-bond acceptors (Lipinski definition) is 5. The van der Waals surface area contributed by atoms with E-state index in [4.69, 9.17) is 4.74 Å². The van der Waals surface area contributed by atoms with Crippen LogP contribution in [0.1, 0.15) is 17.8 Å². The Morgan fingerprint density at radius 3 is 2.61 bits per heavy atom. The van der Waals surface area contributed by atoms with E-state index in [-0.39, 0.29) is 42.7 Å². The maximum atomic E-state index is 12.1. The van der Waals surface area contributed by atoms with E-state index in [2.05, 4.69) is 33.0 Å². The van der Waals surface area contributed by atoms with Crippen LogP contribution in [-0.2, 0) is 9.53 Å². The molecule has 2 N–H and O–H groups in total. The van der Waals surface area contributed by atoms with Crippen LogP contribution in [0.2, 0.25) is 0 Å². The lowest BCUT2D eigenvalue weighted by Gasteiger charge is -2.34. The van der Waals surface area contributed by atoms with Crippen LogP contribution in [-0.4, -0.2) is 57.2 Å². The number of hydrogen-bond donors (Lipinski definition) is 2. The topological polar surface area (TPSA) is 53.6 Å². The largest absolute Gasteiger partial charge is 0.379 e. The van der Waals surface area contributed by atoms with Gasteiger partial charge in [-0.2, -0.15) is 0 Å². The number of nitrogens with zero attached hydrogens (tertiary/aromatic N) is 1. The molecule has 2 unspecified atom stereocenters. The molecule has 0 bridgehead atoms. The first-order valence-corrected chi connectivity index (χ1v) is 8.38. The molecule has 1 aromatic rings. The van der Waals surface area contributed by atoms with Crippen LogP contribution in [0.4, 0.5) is 0 Å². The van der Waals surface area contributed by atoms with Gasteiger partial charge < -0.3 is 15.4 Å². The molecule has 1 saturated heterocycles. The standard InChI is InChI=1S/C15H25N3O2S.2ClH/c1-12(10-16-2)15(19)17-11-13(14-4-3-9-21-14)18-5-7-20-8-6-18;;/h3-4,9,12-13,16H,5-8,10-11H2,1-2H3,(H,17,19);2*1H. The van der Waals surface area contributed by atoms with Crippen LogP contribution in [0.15, 0.2) is 17.5 Å². The summed E-state index contributed by atoms with van der Waals surface area (Å²) in [6.45, 7) is 6.69. The third-order valence-electron chi connectivity index (χ3n) is 3.79. The molecule has 0 aromatic carbocycles. The van der Waals surface area contributed by atoms with E-state index >= 15 is 0 Å². The Morgan fingerprint density at radius 1 is 1.35 bits per heavy atom. The van der Waals surface area contributed by atoms with Crippen LogP contribution in [0, 0.1) is 5.92 Å². The van der Waals surface area contributed by atoms with Gasteiger partial charge in [-0.15, -0.1) is 36.2 Å². The van der Waals surface area contributed by atoms with Gasteiger partial charge in [-0.1, -0.05) is 13.0 Å². The molecule has 8 heteroatoms. The van der Waals surface area contributed by atoms with Crippen molar-refractivity contribution >= 4 is 42.1 Å². The van der Waals surface area contributed by atoms with E-state index in [1.54, 1.807) is 11.3 Å². The number of ether oxygens (including phenoxy) is 1. The highest BCUT2D eigenvalue weighted by atomic mass is 35.5. The van der Waals surface area contributed by atoms with Crippen molar-refractivity contribution in [3.63, 3.8) is 0 Å². The Hall–Kier alpha value is -0.370. The summed E-state index contributed by atoms with van der Waals surface area (Å²) in [5, 5.41) is 8.23. The van der Waals surface area contributed by atoms with Crippen molar-refractivity contribution in [3.05, 3.63) is 22.4 Å². The summed E-state index contributed by atoms with van der Waals surface area (Å²) in [6, 6.07) is 4.46. The molecule has 1 aliphatic heterocycles. The molecule has 2 atom stereocenters. The Bertz CT molecular complexity index is 428. The van der Waals surface area contributed by atoms with Gasteiger partial charge >= 0.3 is 0 Å². The van der Waals surface area contributed by atoms with Crippen LogP contribution < -0.4 is 10.6 Å². The van der Waals surface area contributed by atoms with E-state index in [9.17, 15) is 4.79 Å². The summed E-state index contributed by atoms with van der Waals surface area (Å²) in [5.41, 5.74) is 0. The van der Waals surface area contributed by atoms with E-state index in [0.29, 0.717) is 13.1 Å². The third-order valence-corrected chi connectivity index (χ3v) is 4.76. The Balaban J connectivity index is 0.00000242. The highest BCUT2D eigenvalue weighted by Gasteiger charge is 2.24. The smallest absolute Gasteiger partial charge is 0.224 e. The molecular weight excluding hydrogens is 357 g/mol. The van der Waals surface area contributed by atoms with Crippen molar-refractivity contribution in [2.24, 2.45) is 5.92 Å². The number of thiophene rings is 1. The van der Waals surface area contributed by atoms with E-state index in [0.717, 1.165) is 26.3 Å². The van der Waals surface area contributed by atoms with Crippen molar-refractivity contribution in [1.82, 2.24) is 15.5 Å². The van der Waals surface area contributed by atoms with Gasteiger partial charge in [0, 0.05) is 37.0 Å². The highest BCUT2D eigenvalue weighted by Crippen LogP contribution is 2.25. The van der Waals surface area contributed by atoms with Gasteiger partial charge in [0.15, 0.2) is 0 Å². The first-order valence-electron chi connectivity index (χ1n) is 7.50. The molecular formula is C15H27Cl2N3O2S. The fourth-order valence-electron chi connectivity index (χ4n) is 2.55. The third kappa shape index (κ3) is 6.95. The SMILES string of the molecule is CNCC(C)C(=O)NCC(c1cccs1)N1CCOCC1.Cl.Cl. The minimum Gasteiger partial charge on any atom is -0.379 e. The molecule has 1 aliphatic rings. The van der Waals surface area contributed by atoms with Crippen LogP contribution in [0.25, 0.3) is 0 Å². The number of rotatable bonds is 7. The summed E-state index contributed by atoms with van der Waals surface area (Å²) in [4.78, 5) is 15.8. The predicted octanol–water partition coefficient (Wildman–Crippen LogP) is 1.94.